The van der Waals surface area contributed by atoms with Crippen molar-refractivity contribution < 1.29 is 23.7 Å². The average Bonchev–Trinajstić information content (AvgIpc) is 2.61. The van der Waals surface area contributed by atoms with Gasteiger partial charge in [-0.2, -0.15) is 8.78 Å². The van der Waals surface area contributed by atoms with Gasteiger partial charge in [-0.25, -0.2) is 0 Å². The van der Waals surface area contributed by atoms with Crippen LogP contribution in [-0.4, -0.2) is 47.0 Å². The fraction of sp³-hybridized carbons (Fsp3) is 0.500. The number of ether oxygens (including phenoxy) is 1. The van der Waals surface area contributed by atoms with Crippen LogP contribution in [0.5, 0.6) is 5.75 Å². The number of aliphatic hydroxyl groups is 2. The van der Waals surface area contributed by atoms with Crippen LogP contribution in [0.15, 0.2) is 18.2 Å². The first-order valence-electron chi connectivity index (χ1n) is 5.77. The Kier molecular flexibility index (Phi) is 4.57. The number of aliphatic hydroxyl groups excluding tert-OH is 2. The van der Waals surface area contributed by atoms with Crippen molar-refractivity contribution in [3.63, 3.8) is 0 Å². The summed E-state index contributed by atoms with van der Waals surface area (Å²) in [7, 11) is 0. The number of alkyl halides is 2. The van der Waals surface area contributed by atoms with Gasteiger partial charge in [0.15, 0.2) is 0 Å². The SMILES string of the molecule is O[C@@H]1CN(Cc2cc(Cl)ccc2OC(F)F)C[C@@H]1O. The summed E-state index contributed by atoms with van der Waals surface area (Å²) in [5.74, 6) is 0.0512. The van der Waals surface area contributed by atoms with Crippen LogP contribution in [0.25, 0.3) is 0 Å². The smallest absolute Gasteiger partial charge is 0.387 e. The van der Waals surface area contributed by atoms with E-state index in [0.717, 1.165) is 0 Å². The van der Waals surface area contributed by atoms with Crippen molar-refractivity contribution in [2.75, 3.05) is 13.1 Å². The minimum atomic E-state index is -2.91. The van der Waals surface area contributed by atoms with Crippen molar-refractivity contribution in [1.82, 2.24) is 4.90 Å². The van der Waals surface area contributed by atoms with Gasteiger partial charge in [0, 0.05) is 30.2 Å². The van der Waals surface area contributed by atoms with Crippen molar-refractivity contribution >= 4 is 11.6 Å². The Bertz CT molecular complexity index is 437. The zero-order valence-electron chi connectivity index (χ0n) is 9.97. The molecule has 106 valence electrons. The zero-order chi connectivity index (χ0) is 14.0. The summed E-state index contributed by atoms with van der Waals surface area (Å²) in [5, 5.41) is 19.3. The van der Waals surface area contributed by atoms with Crippen molar-refractivity contribution in [2.45, 2.75) is 25.4 Å². The van der Waals surface area contributed by atoms with E-state index in [9.17, 15) is 19.0 Å². The molecule has 2 rings (SSSR count). The van der Waals surface area contributed by atoms with Gasteiger partial charge in [0.25, 0.3) is 0 Å². The summed E-state index contributed by atoms with van der Waals surface area (Å²) < 4.78 is 29.0. The summed E-state index contributed by atoms with van der Waals surface area (Å²) in [5.41, 5.74) is 0.495. The highest BCUT2D eigenvalue weighted by molar-refractivity contribution is 6.30. The van der Waals surface area contributed by atoms with Crippen LogP contribution in [0.1, 0.15) is 5.56 Å². The number of β-amino-alcohol motifs (C(OH)–C–C–N with tert-alkyl or cyclic N) is 2. The van der Waals surface area contributed by atoms with E-state index < -0.39 is 18.8 Å². The van der Waals surface area contributed by atoms with Crippen molar-refractivity contribution in [2.24, 2.45) is 0 Å². The molecule has 0 aliphatic carbocycles. The van der Waals surface area contributed by atoms with Gasteiger partial charge in [0.05, 0.1) is 12.2 Å². The Balaban J connectivity index is 2.12. The quantitative estimate of drug-likeness (QED) is 0.883. The average molecular weight is 294 g/mol. The maximum absolute atomic E-state index is 12.3. The first kappa shape index (κ1) is 14.5. The molecule has 0 radical (unpaired) electrons. The van der Waals surface area contributed by atoms with Crippen molar-refractivity contribution in [1.29, 1.82) is 0 Å². The predicted octanol–water partition coefficient (Wildman–Crippen LogP) is 1.48. The van der Waals surface area contributed by atoms with Crippen LogP contribution < -0.4 is 4.74 Å². The minimum absolute atomic E-state index is 0.0512. The lowest BCUT2D eigenvalue weighted by atomic mass is 10.2. The highest BCUT2D eigenvalue weighted by Gasteiger charge is 2.30. The van der Waals surface area contributed by atoms with Crippen LogP contribution in [0, 0.1) is 0 Å². The Hall–Kier alpha value is -0.950. The number of nitrogens with zero attached hydrogens (tertiary/aromatic N) is 1. The molecule has 7 heteroatoms. The molecule has 1 heterocycles. The molecular weight excluding hydrogens is 280 g/mol. The topological polar surface area (TPSA) is 52.9 Å². The zero-order valence-corrected chi connectivity index (χ0v) is 10.7. The van der Waals surface area contributed by atoms with Gasteiger partial charge in [-0.3, -0.25) is 4.90 Å². The molecular formula is C12H14ClF2NO3. The molecule has 1 fully saturated rings. The molecule has 0 spiro atoms. The van der Waals surface area contributed by atoms with Crippen LogP contribution >= 0.6 is 11.6 Å². The number of hydrogen-bond donors (Lipinski definition) is 2. The van der Waals surface area contributed by atoms with Gasteiger partial charge < -0.3 is 14.9 Å². The summed E-state index contributed by atoms with van der Waals surface area (Å²) in [6.45, 7) is -2.07. The third kappa shape index (κ3) is 3.76. The number of benzene rings is 1. The van der Waals surface area contributed by atoms with E-state index in [-0.39, 0.29) is 25.4 Å². The second kappa shape index (κ2) is 6.00. The van der Waals surface area contributed by atoms with Crippen LogP contribution in [0.4, 0.5) is 8.78 Å². The molecule has 0 amide bonds. The Labute approximate surface area is 114 Å². The first-order chi connectivity index (χ1) is 8.95. The summed E-state index contributed by atoms with van der Waals surface area (Å²) in [6, 6.07) is 4.39. The van der Waals surface area contributed by atoms with Crippen molar-refractivity contribution in [3.05, 3.63) is 28.8 Å². The molecule has 0 aromatic heterocycles. The predicted molar refractivity (Wildman–Crippen MR) is 65.4 cm³/mol. The normalized spacial score (nSPS) is 24.1. The van der Waals surface area contributed by atoms with Gasteiger partial charge in [-0.1, -0.05) is 11.6 Å². The monoisotopic (exact) mass is 293 g/mol. The van der Waals surface area contributed by atoms with Crippen LogP contribution in [0.2, 0.25) is 5.02 Å². The van der Waals surface area contributed by atoms with Crippen LogP contribution in [-0.2, 0) is 6.54 Å². The minimum Gasteiger partial charge on any atom is -0.434 e. The van der Waals surface area contributed by atoms with E-state index in [0.29, 0.717) is 10.6 Å². The maximum Gasteiger partial charge on any atom is 0.387 e. The lowest BCUT2D eigenvalue weighted by molar-refractivity contribution is -0.0507. The van der Waals surface area contributed by atoms with Gasteiger partial charge in [-0.15, -0.1) is 0 Å². The first-order valence-corrected chi connectivity index (χ1v) is 6.15. The number of rotatable bonds is 4. The van der Waals surface area contributed by atoms with E-state index in [4.69, 9.17) is 11.6 Å². The van der Waals surface area contributed by atoms with Gasteiger partial charge in [0.2, 0.25) is 0 Å². The third-order valence-corrected chi connectivity index (χ3v) is 3.20. The molecule has 1 aromatic carbocycles. The van der Waals surface area contributed by atoms with Crippen LogP contribution in [0.3, 0.4) is 0 Å². The molecule has 0 bridgehead atoms. The van der Waals surface area contributed by atoms with E-state index in [1.54, 1.807) is 4.90 Å². The lowest BCUT2D eigenvalue weighted by Gasteiger charge is -2.17. The summed E-state index contributed by atoms with van der Waals surface area (Å²) in [4.78, 5) is 1.75. The fourth-order valence-electron chi connectivity index (χ4n) is 2.10. The highest BCUT2D eigenvalue weighted by atomic mass is 35.5. The Morgan fingerprint density at radius 1 is 1.32 bits per heavy atom. The molecule has 1 aromatic rings. The second-order valence-corrected chi connectivity index (χ2v) is 4.90. The molecule has 1 saturated heterocycles. The molecule has 0 unspecified atom stereocenters. The van der Waals surface area contributed by atoms with Crippen molar-refractivity contribution in [3.8, 4) is 5.75 Å². The second-order valence-electron chi connectivity index (χ2n) is 4.46. The van der Waals surface area contributed by atoms with Gasteiger partial charge in [0.1, 0.15) is 5.75 Å². The maximum atomic E-state index is 12.3. The molecule has 4 nitrogen and oxygen atoms in total. The number of hydrogen-bond acceptors (Lipinski definition) is 4. The van der Waals surface area contributed by atoms with Gasteiger partial charge >= 0.3 is 6.61 Å². The molecule has 1 aliphatic rings. The molecule has 19 heavy (non-hydrogen) atoms. The van der Waals surface area contributed by atoms with Gasteiger partial charge in [-0.05, 0) is 18.2 Å². The molecule has 0 saturated carbocycles. The fourth-order valence-corrected chi connectivity index (χ4v) is 2.29. The highest BCUT2D eigenvalue weighted by Crippen LogP contribution is 2.27. The van der Waals surface area contributed by atoms with E-state index in [1.807, 2.05) is 0 Å². The van der Waals surface area contributed by atoms with E-state index in [1.165, 1.54) is 18.2 Å². The van der Waals surface area contributed by atoms with E-state index in [2.05, 4.69) is 4.74 Å². The molecule has 1 aliphatic heterocycles. The number of halogens is 3. The lowest BCUT2D eigenvalue weighted by Crippen LogP contribution is -2.22. The molecule has 2 atom stereocenters. The summed E-state index contributed by atoms with van der Waals surface area (Å²) in [6.07, 6.45) is -1.64. The Morgan fingerprint density at radius 2 is 1.95 bits per heavy atom. The third-order valence-electron chi connectivity index (χ3n) is 2.97. The Morgan fingerprint density at radius 3 is 2.53 bits per heavy atom. The standard InChI is InChI=1S/C12H14ClF2NO3/c13-8-1-2-11(19-12(14)15)7(3-8)4-16-5-9(17)10(18)6-16/h1-3,9-10,12,17-18H,4-6H2/t9-,10+. The van der Waals surface area contributed by atoms with E-state index >= 15 is 0 Å². The largest absolute Gasteiger partial charge is 0.434 e. The molecule has 2 N–H and O–H groups in total. The summed E-state index contributed by atoms with van der Waals surface area (Å²) >= 11 is 5.84. The number of likely N-dealkylation sites (tertiary alicyclic amines) is 1.